The molecule has 5 heteroatoms. The number of fused-ring (bicyclic) bond motifs is 1. The minimum absolute atomic E-state index is 0.120. The van der Waals surface area contributed by atoms with Crippen molar-refractivity contribution in [1.82, 2.24) is 9.97 Å². The van der Waals surface area contributed by atoms with Gasteiger partial charge in [0.05, 0.1) is 10.9 Å². The lowest BCUT2D eigenvalue weighted by Crippen LogP contribution is -2.29. The summed E-state index contributed by atoms with van der Waals surface area (Å²) in [6.07, 6.45) is 0. The van der Waals surface area contributed by atoms with Gasteiger partial charge in [-0.1, -0.05) is 27.7 Å². The van der Waals surface area contributed by atoms with Gasteiger partial charge in [0.2, 0.25) is 5.95 Å². The number of nitrogens with zero attached hydrogens (tertiary/aromatic N) is 1. The molecule has 1 aromatic heterocycles. The summed E-state index contributed by atoms with van der Waals surface area (Å²) in [4.78, 5) is 19.2. The number of nitrogen functional groups attached to an aromatic ring is 1. The average molecular weight is 274 g/mol. The van der Waals surface area contributed by atoms with E-state index in [4.69, 9.17) is 5.73 Å². The van der Waals surface area contributed by atoms with Crippen molar-refractivity contribution in [3.05, 3.63) is 28.6 Å². The first kappa shape index (κ1) is 14.4. The Morgan fingerprint density at radius 3 is 2.75 bits per heavy atom. The van der Waals surface area contributed by atoms with Crippen molar-refractivity contribution in [3.8, 4) is 0 Å². The molecule has 108 valence electrons. The molecule has 0 amide bonds. The van der Waals surface area contributed by atoms with Crippen LogP contribution in [0, 0.1) is 11.3 Å². The molecule has 2 aromatic rings. The SMILES string of the molecule is CC(C)C(C)(C)CNc1nc2ccc(N)cc2c(=O)[nH]1. The Labute approximate surface area is 118 Å². The lowest BCUT2D eigenvalue weighted by molar-refractivity contribution is 0.269. The lowest BCUT2D eigenvalue weighted by atomic mass is 9.81. The Balaban J connectivity index is 2.29. The number of hydrogen-bond donors (Lipinski definition) is 3. The summed E-state index contributed by atoms with van der Waals surface area (Å²) in [5.74, 6) is 1.03. The van der Waals surface area contributed by atoms with Crippen molar-refractivity contribution in [1.29, 1.82) is 0 Å². The van der Waals surface area contributed by atoms with E-state index in [2.05, 4.69) is 43.0 Å². The number of nitrogens with one attached hydrogen (secondary N) is 2. The van der Waals surface area contributed by atoms with Crippen molar-refractivity contribution in [2.75, 3.05) is 17.6 Å². The molecule has 20 heavy (non-hydrogen) atoms. The summed E-state index contributed by atoms with van der Waals surface area (Å²) in [5, 5.41) is 3.73. The van der Waals surface area contributed by atoms with Crippen LogP contribution in [-0.2, 0) is 0 Å². The molecule has 0 saturated carbocycles. The van der Waals surface area contributed by atoms with E-state index in [9.17, 15) is 4.79 Å². The Morgan fingerprint density at radius 1 is 1.40 bits per heavy atom. The Hall–Kier alpha value is -2.04. The average Bonchev–Trinajstić information content (AvgIpc) is 2.37. The topological polar surface area (TPSA) is 83.8 Å². The molecule has 1 heterocycles. The first-order valence-electron chi connectivity index (χ1n) is 6.83. The molecule has 1 aromatic carbocycles. The smallest absolute Gasteiger partial charge is 0.260 e. The zero-order chi connectivity index (χ0) is 14.9. The zero-order valence-electron chi connectivity index (χ0n) is 12.4. The van der Waals surface area contributed by atoms with Gasteiger partial charge in [-0.05, 0) is 29.5 Å². The molecule has 0 aliphatic heterocycles. The molecule has 0 fully saturated rings. The van der Waals surface area contributed by atoms with E-state index in [0.29, 0.717) is 28.5 Å². The highest BCUT2D eigenvalue weighted by Crippen LogP contribution is 2.25. The van der Waals surface area contributed by atoms with Crippen molar-refractivity contribution in [3.63, 3.8) is 0 Å². The van der Waals surface area contributed by atoms with Crippen molar-refractivity contribution in [2.24, 2.45) is 11.3 Å². The number of nitrogens with two attached hydrogens (primary N) is 1. The minimum atomic E-state index is -0.174. The van der Waals surface area contributed by atoms with Gasteiger partial charge in [0.15, 0.2) is 0 Å². The molecule has 5 nitrogen and oxygen atoms in total. The molecule has 0 atom stereocenters. The third-order valence-electron chi connectivity index (χ3n) is 4.00. The molecule has 0 unspecified atom stereocenters. The highest BCUT2D eigenvalue weighted by molar-refractivity contribution is 5.81. The molecule has 2 rings (SSSR count). The van der Waals surface area contributed by atoms with Gasteiger partial charge >= 0.3 is 0 Å². The van der Waals surface area contributed by atoms with Gasteiger partial charge in [-0.3, -0.25) is 9.78 Å². The van der Waals surface area contributed by atoms with Crippen molar-refractivity contribution in [2.45, 2.75) is 27.7 Å². The number of aromatic nitrogens is 2. The van der Waals surface area contributed by atoms with Crippen LogP contribution in [0.4, 0.5) is 11.6 Å². The van der Waals surface area contributed by atoms with Crippen LogP contribution in [0.2, 0.25) is 0 Å². The Kier molecular flexibility index (Phi) is 3.70. The highest BCUT2D eigenvalue weighted by Gasteiger charge is 2.22. The summed E-state index contributed by atoms with van der Waals surface area (Å²) >= 11 is 0. The van der Waals surface area contributed by atoms with E-state index in [-0.39, 0.29) is 11.0 Å². The van der Waals surface area contributed by atoms with Gasteiger partial charge in [0.1, 0.15) is 0 Å². The second-order valence-electron chi connectivity index (χ2n) is 6.19. The number of anilines is 2. The largest absolute Gasteiger partial charge is 0.399 e. The predicted octanol–water partition coefficient (Wildman–Crippen LogP) is 2.60. The highest BCUT2D eigenvalue weighted by atomic mass is 16.1. The Morgan fingerprint density at radius 2 is 2.10 bits per heavy atom. The van der Waals surface area contributed by atoms with E-state index >= 15 is 0 Å². The maximum atomic E-state index is 12.0. The molecule has 4 N–H and O–H groups in total. The molecule has 0 saturated heterocycles. The van der Waals surface area contributed by atoms with E-state index in [1.54, 1.807) is 18.2 Å². The predicted molar refractivity (Wildman–Crippen MR) is 83.9 cm³/mol. The Bertz CT molecular complexity index is 673. The van der Waals surface area contributed by atoms with Crippen LogP contribution < -0.4 is 16.6 Å². The van der Waals surface area contributed by atoms with Crippen LogP contribution in [0.25, 0.3) is 10.9 Å². The van der Waals surface area contributed by atoms with Crippen molar-refractivity contribution < 1.29 is 0 Å². The standard InChI is InChI=1S/C15H22N4O/c1-9(2)15(3,4)8-17-14-18-12-6-5-10(16)7-11(12)13(20)19-14/h5-7,9H,8,16H2,1-4H3,(H2,17,18,19,20). The molecule has 0 bridgehead atoms. The van der Waals surface area contributed by atoms with Gasteiger partial charge in [-0.2, -0.15) is 0 Å². The van der Waals surface area contributed by atoms with Gasteiger partial charge in [0.25, 0.3) is 5.56 Å². The molecule has 0 spiro atoms. The second kappa shape index (κ2) is 5.15. The third-order valence-corrected chi connectivity index (χ3v) is 4.00. The van der Waals surface area contributed by atoms with Gasteiger partial charge < -0.3 is 11.1 Å². The lowest BCUT2D eigenvalue weighted by Gasteiger charge is -2.29. The van der Waals surface area contributed by atoms with Gasteiger partial charge in [0, 0.05) is 12.2 Å². The van der Waals surface area contributed by atoms with E-state index < -0.39 is 0 Å². The first-order valence-corrected chi connectivity index (χ1v) is 6.83. The fourth-order valence-electron chi connectivity index (χ4n) is 1.76. The number of aromatic amines is 1. The fraction of sp³-hybridized carbons (Fsp3) is 0.467. The number of rotatable bonds is 4. The van der Waals surface area contributed by atoms with Gasteiger partial charge in [-0.25, -0.2) is 4.98 Å². The summed E-state index contributed by atoms with van der Waals surface area (Å²) in [6, 6.07) is 5.15. The fourth-order valence-corrected chi connectivity index (χ4v) is 1.76. The summed E-state index contributed by atoms with van der Waals surface area (Å²) in [7, 11) is 0. The van der Waals surface area contributed by atoms with E-state index in [0.717, 1.165) is 6.54 Å². The van der Waals surface area contributed by atoms with Crippen molar-refractivity contribution >= 4 is 22.5 Å². The monoisotopic (exact) mass is 274 g/mol. The minimum Gasteiger partial charge on any atom is -0.399 e. The van der Waals surface area contributed by atoms with Crippen LogP contribution in [0.1, 0.15) is 27.7 Å². The van der Waals surface area contributed by atoms with E-state index in [1.807, 2.05) is 0 Å². The molecule has 0 aliphatic rings. The zero-order valence-corrected chi connectivity index (χ0v) is 12.4. The number of H-pyrrole nitrogens is 1. The molecule has 0 radical (unpaired) electrons. The molecule has 0 aliphatic carbocycles. The number of hydrogen-bond acceptors (Lipinski definition) is 4. The maximum Gasteiger partial charge on any atom is 0.260 e. The van der Waals surface area contributed by atoms with E-state index in [1.165, 1.54) is 0 Å². The van der Waals surface area contributed by atoms with Gasteiger partial charge in [-0.15, -0.1) is 0 Å². The normalized spacial score (nSPS) is 12.1. The van der Waals surface area contributed by atoms with Crippen LogP contribution in [0.5, 0.6) is 0 Å². The van der Waals surface area contributed by atoms with Crippen LogP contribution in [0.3, 0.4) is 0 Å². The third kappa shape index (κ3) is 2.92. The molecular formula is C15H22N4O. The summed E-state index contributed by atoms with van der Waals surface area (Å²) in [5.41, 5.74) is 6.84. The second-order valence-corrected chi connectivity index (χ2v) is 6.19. The number of benzene rings is 1. The van der Waals surface area contributed by atoms with Crippen LogP contribution in [-0.4, -0.2) is 16.5 Å². The summed E-state index contributed by atoms with van der Waals surface area (Å²) < 4.78 is 0. The van der Waals surface area contributed by atoms with Crippen LogP contribution in [0.15, 0.2) is 23.0 Å². The summed E-state index contributed by atoms with van der Waals surface area (Å²) in [6.45, 7) is 9.48. The van der Waals surface area contributed by atoms with Crippen LogP contribution >= 0.6 is 0 Å². The maximum absolute atomic E-state index is 12.0. The first-order chi connectivity index (χ1) is 9.29. The molecular weight excluding hydrogens is 252 g/mol. The quantitative estimate of drug-likeness (QED) is 0.748.